The molecule has 0 aromatic carbocycles. The summed E-state index contributed by atoms with van der Waals surface area (Å²) in [5.74, 6) is 0. The molecule has 1 aliphatic carbocycles. The van der Waals surface area contributed by atoms with Crippen molar-refractivity contribution in [3.63, 3.8) is 0 Å². The van der Waals surface area contributed by atoms with Crippen molar-refractivity contribution in [3.8, 4) is 0 Å². The van der Waals surface area contributed by atoms with E-state index in [1.165, 1.54) is 38.5 Å². The lowest BCUT2D eigenvalue weighted by molar-refractivity contribution is 0.104. The van der Waals surface area contributed by atoms with Gasteiger partial charge in [-0.05, 0) is 46.1 Å². The molecule has 0 heterocycles. The minimum absolute atomic E-state index is 0.337. The number of likely N-dealkylation sites (N-methyl/N-ethyl adjacent to an activating group) is 1. The lowest BCUT2D eigenvalue weighted by Crippen LogP contribution is -2.31. The molecule has 16 heavy (non-hydrogen) atoms. The van der Waals surface area contributed by atoms with Gasteiger partial charge in [0.1, 0.15) is 0 Å². The van der Waals surface area contributed by atoms with Crippen molar-refractivity contribution < 1.29 is 4.74 Å². The van der Waals surface area contributed by atoms with Gasteiger partial charge in [0.2, 0.25) is 0 Å². The van der Waals surface area contributed by atoms with E-state index in [0.717, 1.165) is 6.42 Å². The summed E-state index contributed by atoms with van der Waals surface area (Å²) >= 11 is 0. The molecule has 0 aliphatic heterocycles. The molecule has 0 aromatic heterocycles. The van der Waals surface area contributed by atoms with Gasteiger partial charge < -0.3 is 10.1 Å². The van der Waals surface area contributed by atoms with Crippen molar-refractivity contribution >= 4 is 0 Å². The Hall–Kier alpha value is -0.340. The van der Waals surface area contributed by atoms with Gasteiger partial charge in [-0.1, -0.05) is 24.5 Å². The average Bonchev–Trinajstić information content (AvgIpc) is 2.26. The molecule has 0 saturated carbocycles. The Bertz CT molecular complexity index is 213. The molecule has 0 spiro atoms. The van der Waals surface area contributed by atoms with Crippen LogP contribution in [0.15, 0.2) is 11.6 Å². The van der Waals surface area contributed by atoms with Crippen LogP contribution in [-0.4, -0.2) is 26.3 Å². The second-order valence-corrected chi connectivity index (χ2v) is 4.86. The topological polar surface area (TPSA) is 21.3 Å². The first kappa shape index (κ1) is 13.7. The molecule has 0 radical (unpaired) electrons. The molecule has 94 valence electrons. The molecule has 2 unspecified atom stereocenters. The van der Waals surface area contributed by atoms with Gasteiger partial charge in [-0.3, -0.25) is 0 Å². The monoisotopic (exact) mass is 225 g/mol. The van der Waals surface area contributed by atoms with Gasteiger partial charge in [0, 0.05) is 13.2 Å². The largest absolute Gasteiger partial charge is 0.382 e. The highest BCUT2D eigenvalue weighted by Crippen LogP contribution is 2.22. The highest BCUT2D eigenvalue weighted by Gasteiger charge is 2.16. The number of hydrogen-bond acceptors (Lipinski definition) is 2. The van der Waals surface area contributed by atoms with E-state index >= 15 is 0 Å². The lowest BCUT2D eigenvalue weighted by Gasteiger charge is -2.24. The zero-order chi connectivity index (χ0) is 11.8. The van der Waals surface area contributed by atoms with E-state index in [0.29, 0.717) is 12.1 Å². The van der Waals surface area contributed by atoms with Crippen LogP contribution in [-0.2, 0) is 4.74 Å². The van der Waals surface area contributed by atoms with E-state index in [4.69, 9.17) is 4.74 Å². The molecule has 0 aromatic rings. The number of allylic oxidation sites excluding steroid dienone is 1. The Balaban J connectivity index is 2.54. The first-order valence-electron chi connectivity index (χ1n) is 6.67. The van der Waals surface area contributed by atoms with E-state index in [1.54, 1.807) is 12.7 Å². The first-order valence-corrected chi connectivity index (χ1v) is 6.67. The quantitative estimate of drug-likeness (QED) is 0.725. The SMILES string of the molecule is CNC(CC(C)OC)C1=CCCCCCC1. The summed E-state index contributed by atoms with van der Waals surface area (Å²) in [6, 6.07) is 0.507. The number of nitrogens with one attached hydrogen (secondary N) is 1. The lowest BCUT2D eigenvalue weighted by atomic mass is 9.92. The summed E-state index contributed by atoms with van der Waals surface area (Å²) in [6.07, 6.45) is 11.9. The van der Waals surface area contributed by atoms with Crippen LogP contribution in [0.3, 0.4) is 0 Å². The van der Waals surface area contributed by atoms with Crippen LogP contribution >= 0.6 is 0 Å². The molecule has 1 N–H and O–H groups in total. The summed E-state index contributed by atoms with van der Waals surface area (Å²) < 4.78 is 5.36. The van der Waals surface area contributed by atoms with E-state index in [9.17, 15) is 0 Å². The summed E-state index contributed by atoms with van der Waals surface area (Å²) in [5, 5.41) is 3.44. The molecule has 0 saturated heterocycles. The molecular formula is C14H27NO. The highest BCUT2D eigenvalue weighted by molar-refractivity contribution is 5.11. The maximum Gasteiger partial charge on any atom is 0.0561 e. The Kier molecular flexibility index (Phi) is 6.74. The molecule has 0 bridgehead atoms. The van der Waals surface area contributed by atoms with Crippen molar-refractivity contribution in [2.45, 2.75) is 64.0 Å². The molecule has 2 atom stereocenters. The summed E-state index contributed by atoms with van der Waals surface area (Å²) in [4.78, 5) is 0. The van der Waals surface area contributed by atoms with Crippen molar-refractivity contribution in [1.29, 1.82) is 0 Å². The fraction of sp³-hybridized carbons (Fsp3) is 0.857. The summed E-state index contributed by atoms with van der Waals surface area (Å²) in [7, 11) is 3.86. The van der Waals surface area contributed by atoms with Crippen LogP contribution in [0.1, 0.15) is 51.9 Å². The molecule has 2 nitrogen and oxygen atoms in total. The predicted octanol–water partition coefficient (Wildman–Crippen LogP) is 3.28. The van der Waals surface area contributed by atoms with Crippen LogP contribution in [0.2, 0.25) is 0 Å². The fourth-order valence-electron chi connectivity index (χ4n) is 2.42. The Labute approximate surface area is 100 Å². The second-order valence-electron chi connectivity index (χ2n) is 4.86. The smallest absolute Gasteiger partial charge is 0.0561 e. The van der Waals surface area contributed by atoms with Crippen LogP contribution < -0.4 is 5.32 Å². The predicted molar refractivity (Wildman–Crippen MR) is 69.7 cm³/mol. The van der Waals surface area contributed by atoms with Crippen molar-refractivity contribution in [2.24, 2.45) is 0 Å². The third kappa shape index (κ3) is 4.67. The van der Waals surface area contributed by atoms with E-state index in [-0.39, 0.29) is 0 Å². The van der Waals surface area contributed by atoms with E-state index in [1.807, 2.05) is 0 Å². The number of ether oxygens (including phenoxy) is 1. The number of methoxy groups -OCH3 is 1. The van der Waals surface area contributed by atoms with Crippen LogP contribution in [0.4, 0.5) is 0 Å². The Morgan fingerprint density at radius 3 is 2.75 bits per heavy atom. The fourth-order valence-corrected chi connectivity index (χ4v) is 2.42. The number of hydrogen-bond donors (Lipinski definition) is 1. The third-order valence-corrected chi connectivity index (χ3v) is 3.59. The maximum atomic E-state index is 5.36. The van der Waals surface area contributed by atoms with Gasteiger partial charge in [0.25, 0.3) is 0 Å². The van der Waals surface area contributed by atoms with Gasteiger partial charge in [-0.2, -0.15) is 0 Å². The van der Waals surface area contributed by atoms with Gasteiger partial charge in [-0.15, -0.1) is 0 Å². The Morgan fingerprint density at radius 2 is 2.06 bits per heavy atom. The molecule has 2 heteroatoms. The molecule has 1 aliphatic rings. The molecular weight excluding hydrogens is 198 g/mol. The molecule has 1 rings (SSSR count). The second kappa shape index (κ2) is 7.86. The van der Waals surface area contributed by atoms with Gasteiger partial charge in [0.15, 0.2) is 0 Å². The average molecular weight is 225 g/mol. The van der Waals surface area contributed by atoms with Crippen molar-refractivity contribution in [3.05, 3.63) is 11.6 Å². The van der Waals surface area contributed by atoms with Crippen LogP contribution in [0, 0.1) is 0 Å². The normalized spacial score (nSPS) is 21.8. The molecule has 0 fully saturated rings. The number of rotatable bonds is 5. The minimum atomic E-state index is 0.337. The van der Waals surface area contributed by atoms with Gasteiger partial charge in [-0.25, -0.2) is 0 Å². The van der Waals surface area contributed by atoms with Gasteiger partial charge >= 0.3 is 0 Å². The van der Waals surface area contributed by atoms with Crippen molar-refractivity contribution in [2.75, 3.05) is 14.2 Å². The highest BCUT2D eigenvalue weighted by atomic mass is 16.5. The summed E-state index contributed by atoms with van der Waals surface area (Å²) in [6.45, 7) is 2.15. The van der Waals surface area contributed by atoms with E-state index < -0.39 is 0 Å². The minimum Gasteiger partial charge on any atom is -0.382 e. The van der Waals surface area contributed by atoms with Crippen molar-refractivity contribution in [1.82, 2.24) is 5.32 Å². The first-order chi connectivity index (χ1) is 7.77. The molecule has 0 amide bonds. The zero-order valence-corrected chi connectivity index (χ0v) is 11.1. The van der Waals surface area contributed by atoms with Crippen LogP contribution in [0.5, 0.6) is 0 Å². The standard InChI is InChI=1S/C14H27NO/c1-12(16-3)11-14(15-2)13-9-7-5-4-6-8-10-13/h9,12,14-15H,4-8,10-11H2,1-3H3. The zero-order valence-electron chi connectivity index (χ0n) is 11.1. The van der Waals surface area contributed by atoms with Gasteiger partial charge in [0.05, 0.1) is 6.10 Å². The maximum absolute atomic E-state index is 5.36. The third-order valence-electron chi connectivity index (χ3n) is 3.59. The van der Waals surface area contributed by atoms with E-state index in [2.05, 4.69) is 25.4 Å². The van der Waals surface area contributed by atoms with Crippen LogP contribution in [0.25, 0.3) is 0 Å². The Morgan fingerprint density at radius 1 is 1.31 bits per heavy atom. The summed E-state index contributed by atoms with van der Waals surface area (Å²) in [5.41, 5.74) is 1.60.